The van der Waals surface area contributed by atoms with Gasteiger partial charge in [0.05, 0.1) is 11.1 Å². The van der Waals surface area contributed by atoms with Crippen LogP contribution in [0.2, 0.25) is 0 Å². The van der Waals surface area contributed by atoms with Crippen molar-refractivity contribution >= 4 is 45.5 Å². The Morgan fingerprint density at radius 3 is 2.59 bits per heavy atom. The molecule has 0 aliphatic heterocycles. The van der Waals surface area contributed by atoms with E-state index in [1.807, 2.05) is 5.38 Å². The van der Waals surface area contributed by atoms with Crippen molar-refractivity contribution in [2.24, 2.45) is 5.73 Å². The van der Waals surface area contributed by atoms with Gasteiger partial charge in [-0.1, -0.05) is 0 Å². The second-order valence-corrected chi connectivity index (χ2v) is 8.88. The minimum atomic E-state index is -0.536. The van der Waals surface area contributed by atoms with Gasteiger partial charge in [0.15, 0.2) is 6.61 Å². The zero-order chi connectivity index (χ0) is 19.0. The Bertz CT molecular complexity index is 929. The lowest BCUT2D eigenvalue weighted by atomic mass is 9.96. The lowest BCUT2D eigenvalue weighted by Crippen LogP contribution is -2.23. The van der Waals surface area contributed by atoms with Gasteiger partial charge in [-0.2, -0.15) is 0 Å². The average Bonchev–Trinajstić information content (AvgIpc) is 3.33. The van der Waals surface area contributed by atoms with Crippen molar-refractivity contribution in [3.05, 3.63) is 37.4 Å². The fourth-order valence-electron chi connectivity index (χ4n) is 3.79. The fraction of sp³-hybridized carbons (Fsp3) is 0.421. The molecular weight excluding hydrogens is 384 g/mol. The molecule has 3 N–H and O–H groups in total. The van der Waals surface area contributed by atoms with Crippen molar-refractivity contribution in [3.8, 4) is 0 Å². The summed E-state index contributed by atoms with van der Waals surface area (Å²) >= 11 is 2.97. The van der Waals surface area contributed by atoms with Crippen LogP contribution < -0.4 is 11.1 Å². The smallest absolute Gasteiger partial charge is 0.339 e. The quantitative estimate of drug-likeness (QED) is 0.748. The van der Waals surface area contributed by atoms with E-state index in [1.54, 1.807) is 11.3 Å². The van der Waals surface area contributed by atoms with Crippen molar-refractivity contribution in [3.63, 3.8) is 0 Å². The molecule has 0 radical (unpaired) electrons. The van der Waals surface area contributed by atoms with E-state index in [0.717, 1.165) is 60.9 Å². The second-order valence-electron chi connectivity index (χ2n) is 6.81. The Labute approximate surface area is 164 Å². The van der Waals surface area contributed by atoms with Gasteiger partial charge in [0, 0.05) is 15.1 Å². The topological polar surface area (TPSA) is 98.5 Å². The van der Waals surface area contributed by atoms with Crippen LogP contribution in [0.15, 0.2) is 5.38 Å². The SMILES string of the molecule is NC(=O)c1c(NC(=O)COC(=O)c2csc3c2CCCC3)sc2c1CCC2. The van der Waals surface area contributed by atoms with Crippen LogP contribution in [0.25, 0.3) is 0 Å². The van der Waals surface area contributed by atoms with Crippen LogP contribution in [0.3, 0.4) is 0 Å². The van der Waals surface area contributed by atoms with Crippen molar-refractivity contribution < 1.29 is 19.1 Å². The molecule has 0 atom stereocenters. The highest BCUT2D eigenvalue weighted by molar-refractivity contribution is 7.17. The Kier molecular flexibility index (Phi) is 5.01. The molecule has 2 aliphatic carbocycles. The fourth-order valence-corrected chi connectivity index (χ4v) is 6.22. The molecule has 0 saturated heterocycles. The van der Waals surface area contributed by atoms with Gasteiger partial charge in [0.25, 0.3) is 11.8 Å². The molecule has 0 spiro atoms. The number of aryl methyl sites for hydroxylation is 2. The zero-order valence-corrected chi connectivity index (χ0v) is 16.4. The zero-order valence-electron chi connectivity index (χ0n) is 14.8. The number of anilines is 1. The van der Waals surface area contributed by atoms with Gasteiger partial charge in [-0.05, 0) is 56.1 Å². The first-order chi connectivity index (χ1) is 13.0. The van der Waals surface area contributed by atoms with E-state index < -0.39 is 17.8 Å². The number of ether oxygens (including phenoxy) is 1. The summed E-state index contributed by atoms with van der Waals surface area (Å²) in [5, 5.41) is 4.97. The minimum absolute atomic E-state index is 0.385. The van der Waals surface area contributed by atoms with Crippen LogP contribution in [0.5, 0.6) is 0 Å². The molecule has 8 heteroatoms. The summed E-state index contributed by atoms with van der Waals surface area (Å²) in [6, 6.07) is 0. The number of primary amides is 1. The molecule has 0 saturated carbocycles. The molecule has 0 aromatic carbocycles. The Balaban J connectivity index is 1.40. The van der Waals surface area contributed by atoms with E-state index in [2.05, 4.69) is 5.32 Å². The molecule has 2 aromatic rings. The van der Waals surface area contributed by atoms with Crippen LogP contribution in [-0.2, 0) is 35.2 Å². The lowest BCUT2D eigenvalue weighted by molar-refractivity contribution is -0.119. The highest BCUT2D eigenvalue weighted by Crippen LogP contribution is 2.38. The number of hydrogen-bond acceptors (Lipinski definition) is 6. The maximum atomic E-state index is 12.4. The third-order valence-corrected chi connectivity index (χ3v) is 7.33. The third-order valence-electron chi connectivity index (χ3n) is 5.04. The van der Waals surface area contributed by atoms with Gasteiger partial charge < -0.3 is 15.8 Å². The number of nitrogens with two attached hydrogens (primary N) is 1. The third kappa shape index (κ3) is 3.51. The van der Waals surface area contributed by atoms with Crippen LogP contribution in [0.1, 0.15) is 60.9 Å². The van der Waals surface area contributed by atoms with Crippen LogP contribution in [0, 0.1) is 0 Å². The molecule has 0 bridgehead atoms. The average molecular weight is 405 g/mol. The maximum absolute atomic E-state index is 12.4. The Hall–Kier alpha value is -2.19. The summed E-state index contributed by atoms with van der Waals surface area (Å²) in [7, 11) is 0. The van der Waals surface area contributed by atoms with Crippen LogP contribution in [-0.4, -0.2) is 24.4 Å². The number of hydrogen-bond donors (Lipinski definition) is 2. The molecule has 2 aromatic heterocycles. The molecule has 2 amide bonds. The van der Waals surface area contributed by atoms with Gasteiger partial charge in [0.2, 0.25) is 0 Å². The number of fused-ring (bicyclic) bond motifs is 2. The molecule has 27 heavy (non-hydrogen) atoms. The van der Waals surface area contributed by atoms with Gasteiger partial charge in [0.1, 0.15) is 5.00 Å². The van der Waals surface area contributed by atoms with Gasteiger partial charge in [-0.3, -0.25) is 9.59 Å². The van der Waals surface area contributed by atoms with E-state index in [9.17, 15) is 14.4 Å². The van der Waals surface area contributed by atoms with Gasteiger partial charge >= 0.3 is 5.97 Å². The number of amides is 2. The summed E-state index contributed by atoms with van der Waals surface area (Å²) in [4.78, 5) is 38.7. The van der Waals surface area contributed by atoms with Crippen LogP contribution in [0.4, 0.5) is 5.00 Å². The molecule has 0 fully saturated rings. The standard InChI is InChI=1S/C19H20N2O4S2/c20-17(23)16-11-5-3-7-14(11)27-18(16)21-15(22)8-25-19(24)12-9-26-13-6-2-1-4-10(12)13/h9H,1-8H2,(H2,20,23)(H,21,22). The molecule has 4 rings (SSSR count). The first kappa shape index (κ1) is 18.2. The number of nitrogens with one attached hydrogen (secondary N) is 1. The number of esters is 1. The first-order valence-electron chi connectivity index (χ1n) is 9.05. The normalized spacial score (nSPS) is 15.1. The maximum Gasteiger partial charge on any atom is 0.339 e. The van der Waals surface area contributed by atoms with E-state index in [0.29, 0.717) is 16.1 Å². The number of thiophene rings is 2. The summed E-state index contributed by atoms with van der Waals surface area (Å²) in [5.74, 6) is -1.46. The van der Waals surface area contributed by atoms with Crippen molar-refractivity contribution in [2.75, 3.05) is 11.9 Å². The summed E-state index contributed by atoms with van der Waals surface area (Å²) < 4.78 is 5.21. The molecule has 2 aliphatic rings. The summed E-state index contributed by atoms with van der Waals surface area (Å²) in [5.41, 5.74) is 8.49. The predicted molar refractivity (Wildman–Crippen MR) is 105 cm³/mol. The second kappa shape index (κ2) is 7.44. The molecular formula is C19H20N2O4S2. The van der Waals surface area contributed by atoms with Gasteiger partial charge in [-0.15, -0.1) is 22.7 Å². The predicted octanol–water partition coefficient (Wildman–Crippen LogP) is 3.07. The van der Waals surface area contributed by atoms with E-state index in [4.69, 9.17) is 10.5 Å². The Morgan fingerprint density at radius 1 is 1.04 bits per heavy atom. The Morgan fingerprint density at radius 2 is 1.78 bits per heavy atom. The van der Waals surface area contributed by atoms with Gasteiger partial charge in [-0.25, -0.2) is 4.79 Å². The highest BCUT2D eigenvalue weighted by atomic mass is 32.1. The van der Waals surface area contributed by atoms with E-state index in [-0.39, 0.29) is 6.61 Å². The van der Waals surface area contributed by atoms with E-state index in [1.165, 1.54) is 16.2 Å². The number of carbonyl (C=O) groups excluding carboxylic acids is 3. The molecule has 142 valence electrons. The monoisotopic (exact) mass is 404 g/mol. The number of rotatable bonds is 5. The number of carbonyl (C=O) groups is 3. The van der Waals surface area contributed by atoms with Crippen molar-refractivity contribution in [1.82, 2.24) is 0 Å². The first-order valence-corrected chi connectivity index (χ1v) is 10.7. The highest BCUT2D eigenvalue weighted by Gasteiger charge is 2.27. The summed E-state index contributed by atoms with van der Waals surface area (Å²) in [6.07, 6.45) is 6.82. The van der Waals surface area contributed by atoms with E-state index >= 15 is 0 Å². The van der Waals surface area contributed by atoms with Crippen molar-refractivity contribution in [2.45, 2.75) is 44.9 Å². The lowest BCUT2D eigenvalue weighted by Gasteiger charge is -2.12. The molecule has 2 heterocycles. The molecule has 6 nitrogen and oxygen atoms in total. The van der Waals surface area contributed by atoms with Crippen molar-refractivity contribution in [1.29, 1.82) is 0 Å². The molecule has 0 unspecified atom stereocenters. The summed E-state index contributed by atoms with van der Waals surface area (Å²) in [6.45, 7) is -0.385. The minimum Gasteiger partial charge on any atom is -0.452 e. The largest absolute Gasteiger partial charge is 0.452 e. The van der Waals surface area contributed by atoms with Crippen LogP contribution >= 0.6 is 22.7 Å².